The van der Waals surface area contributed by atoms with Crippen LogP contribution in [-0.4, -0.2) is 0 Å². The summed E-state index contributed by atoms with van der Waals surface area (Å²) in [6.45, 7) is 14.1. The molecule has 0 saturated heterocycles. The van der Waals surface area contributed by atoms with Gasteiger partial charge in [-0.3, -0.25) is 0 Å². The van der Waals surface area contributed by atoms with Crippen molar-refractivity contribution in [1.82, 2.24) is 0 Å². The predicted molar refractivity (Wildman–Crippen MR) is 110 cm³/mol. The molecule has 0 fully saturated rings. The number of aryl methyl sites for hydroxylation is 1. The highest BCUT2D eigenvalue weighted by Gasteiger charge is 2.27. The first-order valence-corrected chi connectivity index (χ1v) is 9.56. The van der Waals surface area contributed by atoms with Gasteiger partial charge in [-0.25, -0.2) is 0 Å². The fraction of sp³-hybridized carbons (Fsp3) is 0.400. The van der Waals surface area contributed by atoms with Crippen molar-refractivity contribution in [3.05, 3.63) is 64.4 Å². The molecular weight excluding hydrogens is 314 g/mol. The van der Waals surface area contributed by atoms with Gasteiger partial charge in [0.2, 0.25) is 5.69 Å². The molecule has 0 aliphatic carbocycles. The van der Waals surface area contributed by atoms with Gasteiger partial charge >= 0.3 is 0 Å². The number of pyridine rings is 1. The minimum atomic E-state index is 0.196. The van der Waals surface area contributed by atoms with Crippen molar-refractivity contribution in [3.63, 3.8) is 0 Å². The number of hydrogen-bond donors (Lipinski definition) is 0. The van der Waals surface area contributed by atoms with E-state index in [0.717, 1.165) is 19.4 Å². The number of nitrogens with zero attached hydrogens (tertiary/aromatic N) is 1. The van der Waals surface area contributed by atoms with Crippen LogP contribution in [-0.2, 0) is 24.8 Å². The lowest BCUT2D eigenvalue weighted by Crippen LogP contribution is -2.44. The molecule has 1 aromatic carbocycles. The van der Waals surface area contributed by atoms with Gasteiger partial charge in [0.25, 0.3) is 0 Å². The number of rotatable bonds is 2. The highest BCUT2D eigenvalue weighted by Crippen LogP contribution is 2.31. The van der Waals surface area contributed by atoms with Crippen LogP contribution in [0, 0.1) is 11.8 Å². The number of fused-ring (bicyclic) bond motifs is 3. The Balaban J connectivity index is 2.05. The molecule has 1 heteroatoms. The van der Waals surface area contributed by atoms with E-state index in [4.69, 9.17) is 0 Å². The Morgan fingerprint density at radius 2 is 1.88 bits per heavy atom. The molecule has 0 N–H and O–H groups in total. The lowest BCUT2D eigenvalue weighted by molar-refractivity contribution is -0.694. The summed E-state index contributed by atoms with van der Waals surface area (Å²) >= 11 is 0. The summed E-state index contributed by atoms with van der Waals surface area (Å²) in [6.07, 6.45) is 2.00. The molecule has 1 aliphatic rings. The standard InChI is InChI=1S/C25H30N/c1-7-9-19(18(2)3)17-22-10-8-11-24-23-13-12-21(25(4,5)6)16-20(23)14-15-26(22)24/h8,10-13,16H,14-15,17H2,1-6H3/q+1. The second-order valence-electron chi connectivity index (χ2n) is 8.46. The Kier molecular flexibility index (Phi) is 5.05. The second-order valence-corrected chi connectivity index (χ2v) is 8.46. The van der Waals surface area contributed by atoms with Gasteiger partial charge in [0.1, 0.15) is 0 Å². The molecule has 0 radical (unpaired) electrons. The van der Waals surface area contributed by atoms with Gasteiger partial charge in [0, 0.05) is 29.7 Å². The van der Waals surface area contributed by atoms with E-state index in [1.165, 1.54) is 39.2 Å². The molecule has 2 heterocycles. The van der Waals surface area contributed by atoms with Crippen molar-refractivity contribution in [3.8, 4) is 23.1 Å². The van der Waals surface area contributed by atoms with Crippen LogP contribution >= 0.6 is 0 Å². The summed E-state index contributed by atoms with van der Waals surface area (Å²) in [5.74, 6) is 6.37. The summed E-state index contributed by atoms with van der Waals surface area (Å²) in [5.41, 5.74) is 9.71. The molecule has 0 atom stereocenters. The minimum absolute atomic E-state index is 0.196. The van der Waals surface area contributed by atoms with E-state index in [-0.39, 0.29) is 5.41 Å². The number of benzene rings is 1. The normalized spacial score (nSPS) is 12.5. The summed E-state index contributed by atoms with van der Waals surface area (Å²) in [5, 5.41) is 0. The van der Waals surface area contributed by atoms with E-state index >= 15 is 0 Å². The van der Waals surface area contributed by atoms with E-state index in [1.807, 2.05) is 6.92 Å². The molecule has 0 unspecified atom stereocenters. The Morgan fingerprint density at radius 1 is 1.12 bits per heavy atom. The first-order chi connectivity index (χ1) is 12.3. The van der Waals surface area contributed by atoms with Gasteiger partial charge in [0.05, 0.1) is 6.42 Å². The SMILES string of the molecule is CC#CC(Cc1cccc2[n+]1CCc1cc(C(C)(C)C)ccc1-2)=C(C)C. The van der Waals surface area contributed by atoms with Crippen LogP contribution in [0.15, 0.2) is 47.5 Å². The molecule has 0 spiro atoms. The van der Waals surface area contributed by atoms with E-state index in [9.17, 15) is 0 Å². The fourth-order valence-corrected chi connectivity index (χ4v) is 3.67. The zero-order valence-corrected chi connectivity index (χ0v) is 17.0. The summed E-state index contributed by atoms with van der Waals surface area (Å²) in [7, 11) is 0. The molecule has 1 aromatic heterocycles. The first-order valence-electron chi connectivity index (χ1n) is 9.56. The Labute approximate surface area is 158 Å². The molecule has 0 amide bonds. The molecule has 1 aliphatic heterocycles. The first kappa shape index (κ1) is 18.5. The van der Waals surface area contributed by atoms with Crippen LogP contribution in [0.5, 0.6) is 0 Å². The number of hydrogen-bond acceptors (Lipinski definition) is 0. The Morgan fingerprint density at radius 3 is 2.54 bits per heavy atom. The maximum atomic E-state index is 3.30. The van der Waals surface area contributed by atoms with Crippen LogP contribution < -0.4 is 4.57 Å². The third-order valence-corrected chi connectivity index (χ3v) is 5.27. The van der Waals surface area contributed by atoms with Crippen molar-refractivity contribution < 1.29 is 4.57 Å². The van der Waals surface area contributed by atoms with E-state index in [0.29, 0.717) is 0 Å². The third kappa shape index (κ3) is 3.61. The summed E-state index contributed by atoms with van der Waals surface area (Å²) < 4.78 is 2.49. The third-order valence-electron chi connectivity index (χ3n) is 5.27. The van der Waals surface area contributed by atoms with Gasteiger partial charge in [-0.15, -0.1) is 5.92 Å². The van der Waals surface area contributed by atoms with E-state index in [1.54, 1.807) is 0 Å². The predicted octanol–water partition coefficient (Wildman–Crippen LogP) is 5.40. The average Bonchev–Trinajstić information content (AvgIpc) is 2.60. The van der Waals surface area contributed by atoms with Crippen LogP contribution in [0.1, 0.15) is 58.4 Å². The van der Waals surface area contributed by atoms with Crippen molar-refractivity contribution in [1.29, 1.82) is 0 Å². The highest BCUT2D eigenvalue weighted by atomic mass is 15.0. The number of aromatic nitrogens is 1. The highest BCUT2D eigenvalue weighted by molar-refractivity contribution is 5.63. The lowest BCUT2D eigenvalue weighted by atomic mass is 9.83. The zero-order chi connectivity index (χ0) is 18.9. The second kappa shape index (κ2) is 7.12. The van der Waals surface area contributed by atoms with Gasteiger partial charge in [-0.1, -0.05) is 44.4 Å². The van der Waals surface area contributed by atoms with Crippen molar-refractivity contribution in [2.45, 2.75) is 66.3 Å². The van der Waals surface area contributed by atoms with E-state index < -0.39 is 0 Å². The van der Waals surface area contributed by atoms with Crippen molar-refractivity contribution in [2.24, 2.45) is 0 Å². The Bertz CT molecular complexity index is 923. The summed E-state index contributed by atoms with van der Waals surface area (Å²) in [6, 6.07) is 13.7. The largest absolute Gasteiger partial charge is 0.212 e. The van der Waals surface area contributed by atoms with Crippen molar-refractivity contribution in [2.75, 3.05) is 0 Å². The molecule has 3 rings (SSSR count). The zero-order valence-electron chi connectivity index (χ0n) is 17.0. The molecule has 26 heavy (non-hydrogen) atoms. The topological polar surface area (TPSA) is 3.88 Å². The molecule has 1 nitrogen and oxygen atoms in total. The summed E-state index contributed by atoms with van der Waals surface area (Å²) in [4.78, 5) is 0. The van der Waals surface area contributed by atoms with Gasteiger partial charge in [-0.05, 0) is 49.4 Å². The molecule has 2 aromatic rings. The lowest BCUT2D eigenvalue weighted by Gasteiger charge is -2.23. The van der Waals surface area contributed by atoms with Crippen molar-refractivity contribution >= 4 is 0 Å². The number of allylic oxidation sites excluding steroid dienone is 2. The van der Waals surface area contributed by atoms with Gasteiger partial charge in [-0.2, -0.15) is 4.57 Å². The minimum Gasteiger partial charge on any atom is -0.195 e. The Hall–Kier alpha value is -2.33. The van der Waals surface area contributed by atoms with E-state index in [2.05, 4.69) is 87.4 Å². The maximum Gasteiger partial charge on any atom is 0.212 e. The van der Waals surface area contributed by atoms with Crippen LogP contribution in [0.2, 0.25) is 0 Å². The maximum absolute atomic E-state index is 3.30. The average molecular weight is 345 g/mol. The fourth-order valence-electron chi connectivity index (χ4n) is 3.67. The van der Waals surface area contributed by atoms with Crippen LogP contribution in [0.4, 0.5) is 0 Å². The molecule has 134 valence electrons. The molecule has 0 bridgehead atoms. The van der Waals surface area contributed by atoms with Crippen LogP contribution in [0.3, 0.4) is 0 Å². The van der Waals surface area contributed by atoms with Gasteiger partial charge in [0.15, 0.2) is 12.2 Å². The van der Waals surface area contributed by atoms with Gasteiger partial charge < -0.3 is 0 Å². The molecular formula is C25H30N+. The quantitative estimate of drug-likeness (QED) is 0.507. The monoisotopic (exact) mass is 344 g/mol. The smallest absolute Gasteiger partial charge is 0.195 e. The van der Waals surface area contributed by atoms with Crippen LogP contribution in [0.25, 0.3) is 11.3 Å². The molecule has 0 saturated carbocycles.